The second kappa shape index (κ2) is 7.51. The van der Waals surface area contributed by atoms with E-state index in [0.29, 0.717) is 11.1 Å². The molecule has 0 bridgehead atoms. The van der Waals surface area contributed by atoms with Gasteiger partial charge in [-0.05, 0) is 50.3 Å². The van der Waals surface area contributed by atoms with Crippen molar-refractivity contribution in [2.45, 2.75) is 13.8 Å². The number of carbonyl (C=O) groups is 2. The molecule has 23 heavy (non-hydrogen) atoms. The van der Waals surface area contributed by atoms with Crippen LogP contribution >= 0.6 is 12.2 Å². The lowest BCUT2D eigenvalue weighted by Gasteiger charge is -2.11. The smallest absolute Gasteiger partial charge is 0.269 e. The maximum absolute atomic E-state index is 12.0. The highest BCUT2D eigenvalue weighted by Gasteiger charge is 2.09. The van der Waals surface area contributed by atoms with Crippen molar-refractivity contribution in [3.8, 4) is 0 Å². The molecule has 3 N–H and O–H groups in total. The third kappa shape index (κ3) is 4.89. The standard InChI is InChI=1S/C17H17N3O2S/c1-11-6-8-13(9-7-11)16(22)19-20-17(23)18-15(21)14-5-3-4-12(2)10-14/h3-10H,1-2H3,(H,19,22)(H2,18,20,21,23). The summed E-state index contributed by atoms with van der Waals surface area (Å²) in [6, 6.07) is 14.2. The fourth-order valence-electron chi connectivity index (χ4n) is 1.88. The first-order valence-electron chi connectivity index (χ1n) is 7.01. The number of hydrogen-bond donors (Lipinski definition) is 3. The quantitative estimate of drug-likeness (QED) is 0.584. The zero-order chi connectivity index (χ0) is 16.8. The Kier molecular flexibility index (Phi) is 5.43. The van der Waals surface area contributed by atoms with Gasteiger partial charge in [0.1, 0.15) is 0 Å². The average Bonchev–Trinajstić information content (AvgIpc) is 2.53. The van der Waals surface area contributed by atoms with Gasteiger partial charge in [0.25, 0.3) is 11.8 Å². The van der Waals surface area contributed by atoms with Gasteiger partial charge in [-0.15, -0.1) is 0 Å². The summed E-state index contributed by atoms with van der Waals surface area (Å²) in [4.78, 5) is 23.9. The molecule has 0 aromatic heterocycles. The maximum atomic E-state index is 12.0. The summed E-state index contributed by atoms with van der Waals surface area (Å²) in [5.41, 5.74) is 7.99. The number of hydrogen-bond acceptors (Lipinski definition) is 3. The summed E-state index contributed by atoms with van der Waals surface area (Å²) in [7, 11) is 0. The second-order valence-electron chi connectivity index (χ2n) is 5.10. The van der Waals surface area contributed by atoms with E-state index in [1.54, 1.807) is 30.3 Å². The molecule has 0 atom stereocenters. The van der Waals surface area contributed by atoms with E-state index in [4.69, 9.17) is 12.2 Å². The van der Waals surface area contributed by atoms with Crippen molar-refractivity contribution in [2.75, 3.05) is 0 Å². The first kappa shape index (κ1) is 16.6. The number of rotatable bonds is 2. The van der Waals surface area contributed by atoms with Crippen molar-refractivity contribution in [1.82, 2.24) is 16.2 Å². The molecule has 0 fully saturated rings. The van der Waals surface area contributed by atoms with E-state index in [1.807, 2.05) is 32.0 Å². The van der Waals surface area contributed by atoms with Crippen LogP contribution in [0.25, 0.3) is 0 Å². The molecule has 0 heterocycles. The molecule has 0 radical (unpaired) electrons. The summed E-state index contributed by atoms with van der Waals surface area (Å²) < 4.78 is 0. The topological polar surface area (TPSA) is 70.2 Å². The van der Waals surface area contributed by atoms with Gasteiger partial charge in [0.2, 0.25) is 0 Å². The Morgan fingerprint density at radius 2 is 1.52 bits per heavy atom. The lowest BCUT2D eigenvalue weighted by atomic mass is 10.1. The van der Waals surface area contributed by atoms with Crippen molar-refractivity contribution in [2.24, 2.45) is 0 Å². The first-order chi connectivity index (χ1) is 11.0. The second-order valence-corrected chi connectivity index (χ2v) is 5.51. The monoisotopic (exact) mass is 327 g/mol. The Balaban J connectivity index is 1.86. The number of nitrogens with one attached hydrogen (secondary N) is 3. The molecule has 0 aliphatic heterocycles. The lowest BCUT2D eigenvalue weighted by Crippen LogP contribution is -2.48. The summed E-state index contributed by atoms with van der Waals surface area (Å²) >= 11 is 4.99. The molecule has 0 spiro atoms. The minimum atomic E-state index is -0.337. The predicted octanol–water partition coefficient (Wildman–Crippen LogP) is 2.25. The van der Waals surface area contributed by atoms with Crippen LogP contribution in [0.4, 0.5) is 0 Å². The number of amides is 2. The zero-order valence-corrected chi connectivity index (χ0v) is 13.7. The Labute approximate surface area is 140 Å². The third-order valence-electron chi connectivity index (χ3n) is 3.11. The number of benzene rings is 2. The van der Waals surface area contributed by atoms with Crippen molar-refractivity contribution < 1.29 is 9.59 Å². The molecule has 0 aliphatic carbocycles. The van der Waals surface area contributed by atoms with Crippen molar-refractivity contribution in [3.05, 3.63) is 70.8 Å². The first-order valence-corrected chi connectivity index (χ1v) is 7.41. The van der Waals surface area contributed by atoms with Gasteiger partial charge in [-0.2, -0.15) is 0 Å². The van der Waals surface area contributed by atoms with Crippen LogP contribution in [-0.2, 0) is 0 Å². The molecule has 6 heteroatoms. The van der Waals surface area contributed by atoms with Crippen molar-refractivity contribution >= 4 is 29.1 Å². The maximum Gasteiger partial charge on any atom is 0.269 e. The van der Waals surface area contributed by atoms with E-state index in [0.717, 1.165) is 11.1 Å². The van der Waals surface area contributed by atoms with E-state index >= 15 is 0 Å². The van der Waals surface area contributed by atoms with Gasteiger partial charge in [0.05, 0.1) is 0 Å². The minimum Gasteiger partial charge on any atom is -0.298 e. The van der Waals surface area contributed by atoms with Crippen LogP contribution in [0, 0.1) is 13.8 Å². The van der Waals surface area contributed by atoms with Crippen LogP contribution in [0.3, 0.4) is 0 Å². The molecule has 2 amide bonds. The van der Waals surface area contributed by atoms with Crippen LogP contribution in [-0.4, -0.2) is 16.9 Å². The number of hydrazine groups is 1. The van der Waals surface area contributed by atoms with E-state index in [2.05, 4.69) is 16.2 Å². The minimum absolute atomic E-state index is 0.0250. The highest BCUT2D eigenvalue weighted by Crippen LogP contribution is 2.04. The Bertz CT molecular complexity index is 742. The number of aryl methyl sites for hydroxylation is 2. The molecule has 0 saturated carbocycles. The fourth-order valence-corrected chi connectivity index (χ4v) is 2.03. The van der Waals surface area contributed by atoms with Gasteiger partial charge in [0, 0.05) is 11.1 Å². The molecule has 0 unspecified atom stereocenters. The SMILES string of the molecule is Cc1ccc(C(=O)NNC(=S)NC(=O)c2cccc(C)c2)cc1. The summed E-state index contributed by atoms with van der Waals surface area (Å²) in [6.45, 7) is 3.84. The van der Waals surface area contributed by atoms with E-state index in [-0.39, 0.29) is 16.9 Å². The van der Waals surface area contributed by atoms with Gasteiger partial charge in [0.15, 0.2) is 5.11 Å². The highest BCUT2D eigenvalue weighted by molar-refractivity contribution is 7.80. The number of carbonyl (C=O) groups excluding carboxylic acids is 2. The summed E-state index contributed by atoms with van der Waals surface area (Å²) in [6.07, 6.45) is 0. The van der Waals surface area contributed by atoms with Crippen LogP contribution < -0.4 is 16.2 Å². The van der Waals surface area contributed by atoms with Crippen molar-refractivity contribution in [1.29, 1.82) is 0 Å². The molecule has 5 nitrogen and oxygen atoms in total. The average molecular weight is 327 g/mol. The van der Waals surface area contributed by atoms with E-state index in [1.165, 1.54) is 0 Å². The van der Waals surface area contributed by atoms with Crippen LogP contribution in [0.1, 0.15) is 31.8 Å². The van der Waals surface area contributed by atoms with Crippen LogP contribution in [0.15, 0.2) is 48.5 Å². The summed E-state index contributed by atoms with van der Waals surface area (Å²) in [5.74, 6) is -0.673. The molecule has 2 aromatic carbocycles. The van der Waals surface area contributed by atoms with Crippen molar-refractivity contribution in [3.63, 3.8) is 0 Å². The molecule has 118 valence electrons. The molecule has 0 saturated heterocycles. The predicted molar refractivity (Wildman–Crippen MR) is 93.0 cm³/mol. The molecular formula is C17H17N3O2S. The lowest BCUT2D eigenvalue weighted by molar-refractivity contribution is 0.0934. The molecule has 0 aliphatic rings. The molecule has 2 rings (SSSR count). The van der Waals surface area contributed by atoms with Crippen LogP contribution in [0.2, 0.25) is 0 Å². The highest BCUT2D eigenvalue weighted by atomic mass is 32.1. The van der Waals surface area contributed by atoms with Gasteiger partial charge in [-0.25, -0.2) is 0 Å². The Hall–Kier alpha value is -2.73. The zero-order valence-electron chi connectivity index (χ0n) is 12.8. The van der Waals surface area contributed by atoms with Gasteiger partial charge in [-0.3, -0.25) is 25.8 Å². The Morgan fingerprint density at radius 1 is 0.826 bits per heavy atom. The number of thiocarbonyl (C=S) groups is 1. The van der Waals surface area contributed by atoms with Crippen LogP contribution in [0.5, 0.6) is 0 Å². The van der Waals surface area contributed by atoms with Gasteiger partial charge < -0.3 is 0 Å². The normalized spacial score (nSPS) is 9.83. The van der Waals surface area contributed by atoms with Gasteiger partial charge >= 0.3 is 0 Å². The summed E-state index contributed by atoms with van der Waals surface area (Å²) in [5, 5.41) is 2.53. The fraction of sp³-hybridized carbons (Fsp3) is 0.118. The Morgan fingerprint density at radius 3 is 2.17 bits per heavy atom. The third-order valence-corrected chi connectivity index (χ3v) is 3.31. The van der Waals surface area contributed by atoms with E-state index < -0.39 is 0 Å². The molecule has 2 aromatic rings. The van der Waals surface area contributed by atoms with Gasteiger partial charge in [-0.1, -0.05) is 35.4 Å². The molecular weight excluding hydrogens is 310 g/mol. The largest absolute Gasteiger partial charge is 0.298 e. The van der Waals surface area contributed by atoms with E-state index in [9.17, 15) is 9.59 Å².